The molecule has 1 atom stereocenters. The number of benzene rings is 1. The van der Waals surface area contributed by atoms with Crippen LogP contribution in [0.15, 0.2) is 36.5 Å². The summed E-state index contributed by atoms with van der Waals surface area (Å²) in [5.74, 6) is 2.05. The second-order valence-corrected chi connectivity index (χ2v) is 6.63. The lowest BCUT2D eigenvalue weighted by atomic mass is 10.0. The highest BCUT2D eigenvalue weighted by Crippen LogP contribution is 2.38. The molecule has 1 aromatic carbocycles. The molecular formula is C20H23N3O4. The first-order valence-corrected chi connectivity index (χ1v) is 9.22. The predicted molar refractivity (Wildman–Crippen MR) is 101 cm³/mol. The van der Waals surface area contributed by atoms with Gasteiger partial charge in [0.25, 0.3) is 0 Å². The van der Waals surface area contributed by atoms with Gasteiger partial charge >= 0.3 is 6.03 Å². The topological polar surface area (TPSA) is 72.9 Å². The molecule has 4 rings (SSSR count). The Morgan fingerprint density at radius 2 is 2.04 bits per heavy atom. The molecule has 0 spiro atoms. The zero-order valence-electron chi connectivity index (χ0n) is 15.3. The molecule has 1 saturated heterocycles. The van der Waals surface area contributed by atoms with Crippen LogP contribution in [0.1, 0.15) is 30.9 Å². The van der Waals surface area contributed by atoms with Crippen molar-refractivity contribution in [1.82, 2.24) is 9.88 Å². The smallest absolute Gasteiger partial charge is 0.322 e. The zero-order valence-corrected chi connectivity index (χ0v) is 15.3. The van der Waals surface area contributed by atoms with Crippen LogP contribution in [-0.2, 0) is 0 Å². The van der Waals surface area contributed by atoms with Gasteiger partial charge in [-0.25, -0.2) is 9.78 Å². The van der Waals surface area contributed by atoms with Gasteiger partial charge in [-0.1, -0.05) is 6.07 Å². The molecule has 2 aliphatic heterocycles. The Hall–Kier alpha value is -2.96. The van der Waals surface area contributed by atoms with E-state index in [9.17, 15) is 4.79 Å². The fourth-order valence-corrected chi connectivity index (χ4v) is 3.51. The number of amides is 2. The number of rotatable bonds is 3. The summed E-state index contributed by atoms with van der Waals surface area (Å²) in [6.45, 7) is 2.03. The third-order valence-corrected chi connectivity index (χ3v) is 4.87. The molecule has 7 nitrogen and oxygen atoms in total. The van der Waals surface area contributed by atoms with Crippen LogP contribution < -0.4 is 19.5 Å². The lowest BCUT2D eigenvalue weighted by molar-refractivity contribution is 0.207. The van der Waals surface area contributed by atoms with E-state index in [0.717, 1.165) is 36.3 Å². The third kappa shape index (κ3) is 3.77. The van der Waals surface area contributed by atoms with Crippen molar-refractivity contribution >= 4 is 11.7 Å². The largest absolute Gasteiger partial charge is 0.490 e. The molecule has 27 heavy (non-hydrogen) atoms. The number of nitrogens with one attached hydrogen (secondary N) is 1. The summed E-state index contributed by atoms with van der Waals surface area (Å²) >= 11 is 0. The lowest BCUT2D eigenvalue weighted by Crippen LogP contribution is -2.34. The van der Waals surface area contributed by atoms with E-state index in [1.54, 1.807) is 25.4 Å². The number of pyridine rings is 1. The monoisotopic (exact) mass is 369 g/mol. The fraction of sp³-hybridized carbons (Fsp3) is 0.400. The van der Waals surface area contributed by atoms with Crippen molar-refractivity contribution in [3.63, 3.8) is 0 Å². The van der Waals surface area contributed by atoms with Crippen LogP contribution in [0.4, 0.5) is 10.5 Å². The van der Waals surface area contributed by atoms with Crippen molar-refractivity contribution < 1.29 is 19.0 Å². The molecule has 1 aromatic heterocycles. The number of nitrogens with zero attached hydrogens (tertiary/aromatic N) is 2. The molecular weight excluding hydrogens is 346 g/mol. The van der Waals surface area contributed by atoms with Crippen LogP contribution in [-0.4, -0.2) is 42.8 Å². The van der Waals surface area contributed by atoms with Gasteiger partial charge < -0.3 is 24.4 Å². The van der Waals surface area contributed by atoms with Gasteiger partial charge in [-0.05, 0) is 36.6 Å². The summed E-state index contributed by atoms with van der Waals surface area (Å²) in [6.07, 6.45) is 4.36. The minimum Gasteiger partial charge on any atom is -0.490 e. The summed E-state index contributed by atoms with van der Waals surface area (Å²) in [5, 5.41) is 2.92. The molecule has 1 unspecified atom stereocenters. The van der Waals surface area contributed by atoms with Gasteiger partial charge in [-0.2, -0.15) is 0 Å². The summed E-state index contributed by atoms with van der Waals surface area (Å²) < 4.78 is 16.5. The second-order valence-electron chi connectivity index (χ2n) is 6.63. The van der Waals surface area contributed by atoms with E-state index >= 15 is 0 Å². The average molecular weight is 369 g/mol. The number of carbonyl (C=O) groups excluding carboxylic acids is 1. The Balaban J connectivity index is 1.49. The van der Waals surface area contributed by atoms with E-state index < -0.39 is 0 Å². The highest BCUT2D eigenvalue weighted by Gasteiger charge is 2.31. The molecule has 2 aromatic rings. The number of ether oxygens (including phenoxy) is 3. The zero-order chi connectivity index (χ0) is 18.6. The second kappa shape index (κ2) is 7.73. The van der Waals surface area contributed by atoms with E-state index in [1.807, 2.05) is 23.1 Å². The molecule has 1 N–H and O–H groups in total. The van der Waals surface area contributed by atoms with Crippen LogP contribution in [0.3, 0.4) is 0 Å². The van der Waals surface area contributed by atoms with Gasteiger partial charge in [0.2, 0.25) is 5.88 Å². The third-order valence-electron chi connectivity index (χ3n) is 4.87. The molecule has 1 fully saturated rings. The van der Waals surface area contributed by atoms with Gasteiger partial charge in [0, 0.05) is 19.0 Å². The van der Waals surface area contributed by atoms with Crippen molar-refractivity contribution in [3.05, 3.63) is 42.1 Å². The molecule has 0 aliphatic carbocycles. The Kier molecular flexibility index (Phi) is 5.00. The Morgan fingerprint density at radius 1 is 1.19 bits per heavy atom. The van der Waals surface area contributed by atoms with Gasteiger partial charge in [0.15, 0.2) is 11.5 Å². The number of anilines is 1. The predicted octanol–water partition coefficient (Wildman–Crippen LogP) is 3.62. The molecule has 2 amide bonds. The number of fused-ring (bicyclic) bond motifs is 1. The first-order valence-electron chi connectivity index (χ1n) is 9.22. The molecule has 3 heterocycles. The molecule has 7 heteroatoms. The summed E-state index contributed by atoms with van der Waals surface area (Å²) in [5.41, 5.74) is 1.71. The first kappa shape index (κ1) is 17.5. The van der Waals surface area contributed by atoms with Gasteiger partial charge in [0.05, 0.1) is 38.2 Å². The van der Waals surface area contributed by atoms with E-state index in [-0.39, 0.29) is 12.1 Å². The quantitative estimate of drug-likeness (QED) is 0.895. The highest BCUT2D eigenvalue weighted by atomic mass is 16.5. The minimum atomic E-state index is -0.128. The van der Waals surface area contributed by atoms with E-state index in [4.69, 9.17) is 14.2 Å². The lowest BCUT2D eigenvalue weighted by Gasteiger charge is -2.26. The summed E-state index contributed by atoms with van der Waals surface area (Å²) in [4.78, 5) is 18.8. The van der Waals surface area contributed by atoms with Crippen molar-refractivity contribution in [2.75, 3.05) is 32.2 Å². The van der Waals surface area contributed by atoms with Crippen molar-refractivity contribution in [2.24, 2.45) is 0 Å². The van der Waals surface area contributed by atoms with Crippen LogP contribution in [0.5, 0.6) is 17.4 Å². The maximum atomic E-state index is 12.8. The number of likely N-dealkylation sites (tertiary alicyclic amines) is 1. The minimum absolute atomic E-state index is 0.0216. The fourth-order valence-electron chi connectivity index (χ4n) is 3.51. The number of urea groups is 1. The number of hydrogen-bond donors (Lipinski definition) is 1. The maximum absolute atomic E-state index is 12.8. The van der Waals surface area contributed by atoms with Gasteiger partial charge in [-0.15, -0.1) is 0 Å². The number of carbonyl (C=O) groups is 1. The molecule has 142 valence electrons. The van der Waals surface area contributed by atoms with Crippen LogP contribution in [0.2, 0.25) is 0 Å². The standard InChI is InChI=1S/C20H23N3O4/c1-25-19-8-6-15(13-21-19)22-20(24)23-9-2-4-16(23)14-5-7-17-18(12-14)27-11-3-10-26-17/h5-8,12-13,16H,2-4,9-11H2,1H3,(H,22,24). The molecule has 0 saturated carbocycles. The normalized spacial score (nSPS) is 18.7. The number of aromatic nitrogens is 1. The van der Waals surface area contributed by atoms with Crippen LogP contribution in [0.25, 0.3) is 0 Å². The Morgan fingerprint density at radius 3 is 2.81 bits per heavy atom. The molecule has 2 aliphatic rings. The molecule has 0 radical (unpaired) electrons. The van der Waals surface area contributed by atoms with Crippen molar-refractivity contribution in [2.45, 2.75) is 25.3 Å². The average Bonchev–Trinajstić information content (AvgIpc) is 3.07. The molecule has 0 bridgehead atoms. The SMILES string of the molecule is COc1ccc(NC(=O)N2CCCC2c2ccc3c(c2)OCCCO3)cn1. The van der Waals surface area contributed by atoms with Crippen LogP contribution >= 0.6 is 0 Å². The van der Waals surface area contributed by atoms with Gasteiger partial charge in [-0.3, -0.25) is 0 Å². The highest BCUT2D eigenvalue weighted by molar-refractivity contribution is 5.89. The van der Waals surface area contributed by atoms with E-state index in [0.29, 0.717) is 31.3 Å². The van der Waals surface area contributed by atoms with Crippen molar-refractivity contribution in [1.29, 1.82) is 0 Å². The number of hydrogen-bond acceptors (Lipinski definition) is 5. The summed E-state index contributed by atoms with van der Waals surface area (Å²) in [7, 11) is 1.56. The van der Waals surface area contributed by atoms with Gasteiger partial charge in [0.1, 0.15) is 0 Å². The maximum Gasteiger partial charge on any atom is 0.322 e. The Bertz CT molecular complexity index is 809. The first-order chi connectivity index (χ1) is 13.2. The van der Waals surface area contributed by atoms with Crippen molar-refractivity contribution in [3.8, 4) is 17.4 Å². The van der Waals surface area contributed by atoms with E-state index in [2.05, 4.69) is 10.3 Å². The van der Waals surface area contributed by atoms with E-state index in [1.165, 1.54) is 0 Å². The number of methoxy groups -OCH3 is 1. The summed E-state index contributed by atoms with van der Waals surface area (Å²) in [6, 6.07) is 9.37. The Labute approximate surface area is 158 Å². The van der Waals surface area contributed by atoms with Crippen LogP contribution in [0, 0.1) is 0 Å².